The lowest BCUT2D eigenvalue weighted by Crippen LogP contribution is -2.40. The predicted molar refractivity (Wildman–Crippen MR) is 132 cm³/mol. The third-order valence-electron chi connectivity index (χ3n) is 6.05. The smallest absolute Gasteiger partial charge is 0.411 e. The van der Waals surface area contributed by atoms with Crippen molar-refractivity contribution in [2.24, 2.45) is 0 Å². The average Bonchev–Trinajstić information content (AvgIpc) is 3.16. The van der Waals surface area contributed by atoms with Crippen LogP contribution in [0.3, 0.4) is 0 Å². The number of carbonyl (C=O) groups excluding carboxylic acids is 2. The minimum atomic E-state index is -1.11. The van der Waals surface area contributed by atoms with Gasteiger partial charge < -0.3 is 14.7 Å². The minimum absolute atomic E-state index is 0.0636. The Bertz CT molecular complexity index is 1230. The summed E-state index contributed by atoms with van der Waals surface area (Å²) in [5, 5.41) is 11.8. The van der Waals surface area contributed by atoms with Crippen molar-refractivity contribution in [1.29, 1.82) is 0 Å². The molecule has 174 valence electrons. The van der Waals surface area contributed by atoms with Gasteiger partial charge in [0.2, 0.25) is 0 Å². The van der Waals surface area contributed by atoms with Crippen LogP contribution in [0.1, 0.15) is 34.3 Å². The number of ether oxygens (including phenoxy) is 1. The molecule has 3 aromatic rings. The minimum Gasteiger partial charge on any atom is -0.480 e. The van der Waals surface area contributed by atoms with Gasteiger partial charge in [0, 0.05) is 23.1 Å². The molecule has 1 aliphatic rings. The molecule has 0 aliphatic heterocycles. The third kappa shape index (κ3) is 4.54. The van der Waals surface area contributed by atoms with E-state index < -0.39 is 24.0 Å². The van der Waals surface area contributed by atoms with Crippen molar-refractivity contribution in [3.8, 4) is 11.1 Å². The molecule has 7 nitrogen and oxygen atoms in total. The molecule has 0 fully saturated rings. The Labute approximate surface area is 205 Å². The highest BCUT2D eigenvalue weighted by Gasteiger charge is 2.29. The number of halogens is 1. The lowest BCUT2D eigenvalue weighted by molar-refractivity contribution is -0.141. The summed E-state index contributed by atoms with van der Waals surface area (Å²) in [6.45, 7) is 1.59. The number of rotatable bonds is 6. The fraction of sp³-hybridized carbons (Fsp3) is 0.192. The zero-order chi connectivity index (χ0) is 24.4. The van der Waals surface area contributed by atoms with Crippen LogP contribution in [0, 0.1) is 0 Å². The quantitative estimate of drug-likeness (QED) is 0.454. The van der Waals surface area contributed by atoms with Crippen molar-refractivity contribution in [1.82, 2.24) is 4.90 Å². The van der Waals surface area contributed by atoms with Crippen molar-refractivity contribution in [2.75, 3.05) is 19.0 Å². The number of amides is 2. The number of aliphatic carboxylic acids is 1. The highest BCUT2D eigenvalue weighted by Crippen LogP contribution is 2.44. The van der Waals surface area contributed by atoms with Gasteiger partial charge in [0.15, 0.2) is 0 Å². The highest BCUT2D eigenvalue weighted by molar-refractivity contribution is 9.10. The molecular weight excluding hydrogens is 500 g/mol. The van der Waals surface area contributed by atoms with Gasteiger partial charge in [-0.25, -0.2) is 9.59 Å². The molecule has 3 aromatic carbocycles. The lowest BCUT2D eigenvalue weighted by atomic mass is 9.98. The Balaban J connectivity index is 1.46. The highest BCUT2D eigenvalue weighted by atomic mass is 79.9. The number of hydrogen-bond acceptors (Lipinski definition) is 4. The van der Waals surface area contributed by atoms with Crippen LogP contribution < -0.4 is 5.32 Å². The molecule has 0 radical (unpaired) electrons. The summed E-state index contributed by atoms with van der Waals surface area (Å²) in [7, 11) is 1.42. The van der Waals surface area contributed by atoms with Gasteiger partial charge in [0.1, 0.15) is 12.6 Å². The van der Waals surface area contributed by atoms with Crippen LogP contribution in [0.15, 0.2) is 71.2 Å². The number of fused-ring (bicyclic) bond motifs is 3. The number of carboxylic acid groups (broad SMARTS) is 1. The summed E-state index contributed by atoms with van der Waals surface area (Å²) in [5.74, 6) is -1.66. The molecule has 34 heavy (non-hydrogen) atoms. The van der Waals surface area contributed by atoms with Gasteiger partial charge in [0.05, 0.1) is 5.56 Å². The molecule has 0 spiro atoms. The molecule has 4 rings (SSSR count). The molecule has 1 atom stereocenters. The van der Waals surface area contributed by atoms with Gasteiger partial charge in [-0.15, -0.1) is 0 Å². The van der Waals surface area contributed by atoms with Crippen LogP contribution >= 0.6 is 15.9 Å². The Morgan fingerprint density at radius 3 is 2.21 bits per heavy atom. The van der Waals surface area contributed by atoms with Gasteiger partial charge in [0.25, 0.3) is 5.91 Å². The summed E-state index contributed by atoms with van der Waals surface area (Å²) in [4.78, 5) is 37.7. The van der Waals surface area contributed by atoms with E-state index in [1.807, 2.05) is 36.4 Å². The maximum Gasteiger partial charge on any atom is 0.411 e. The van der Waals surface area contributed by atoms with Crippen LogP contribution in [0.2, 0.25) is 0 Å². The largest absolute Gasteiger partial charge is 0.480 e. The van der Waals surface area contributed by atoms with Crippen LogP contribution in [0.5, 0.6) is 0 Å². The van der Waals surface area contributed by atoms with E-state index in [1.165, 1.54) is 20.0 Å². The fourth-order valence-corrected chi connectivity index (χ4v) is 4.47. The summed E-state index contributed by atoms with van der Waals surface area (Å²) in [6.07, 6.45) is -0.644. The summed E-state index contributed by atoms with van der Waals surface area (Å²) >= 11 is 3.32. The van der Waals surface area contributed by atoms with Crippen molar-refractivity contribution in [2.45, 2.75) is 18.9 Å². The van der Waals surface area contributed by atoms with E-state index in [0.717, 1.165) is 27.2 Å². The number of benzene rings is 3. The Morgan fingerprint density at radius 1 is 1.03 bits per heavy atom. The number of anilines is 1. The molecule has 0 aromatic heterocycles. The van der Waals surface area contributed by atoms with Crippen molar-refractivity contribution >= 4 is 39.6 Å². The zero-order valence-electron chi connectivity index (χ0n) is 18.6. The molecule has 0 saturated carbocycles. The Morgan fingerprint density at radius 2 is 1.62 bits per heavy atom. The third-order valence-corrected chi connectivity index (χ3v) is 6.74. The molecular formula is C26H23BrN2O5. The molecule has 8 heteroatoms. The first kappa shape index (κ1) is 23.5. The first-order chi connectivity index (χ1) is 16.3. The second-order valence-corrected chi connectivity index (χ2v) is 8.93. The number of nitrogens with one attached hydrogen (secondary N) is 1. The van der Waals surface area contributed by atoms with E-state index in [9.17, 15) is 19.5 Å². The fourth-order valence-electron chi connectivity index (χ4n) is 4.05. The van der Waals surface area contributed by atoms with Crippen LogP contribution in [-0.4, -0.2) is 47.7 Å². The molecule has 0 bridgehead atoms. The van der Waals surface area contributed by atoms with Gasteiger partial charge in [-0.1, -0.05) is 48.5 Å². The maximum absolute atomic E-state index is 12.8. The summed E-state index contributed by atoms with van der Waals surface area (Å²) in [6, 6.07) is 19.9. The number of carbonyl (C=O) groups is 3. The van der Waals surface area contributed by atoms with Crippen molar-refractivity contribution in [3.63, 3.8) is 0 Å². The average molecular weight is 523 g/mol. The Kier molecular flexibility index (Phi) is 6.70. The monoisotopic (exact) mass is 522 g/mol. The lowest BCUT2D eigenvalue weighted by Gasteiger charge is -2.22. The second-order valence-electron chi connectivity index (χ2n) is 8.08. The maximum atomic E-state index is 12.8. The number of carboxylic acids is 1. The van der Waals surface area contributed by atoms with Gasteiger partial charge >= 0.3 is 12.1 Å². The first-order valence-corrected chi connectivity index (χ1v) is 11.5. The standard InChI is InChI=1S/C26H23BrN2O5/c1-15(25(31)32)29(2)24(30)21-13-16(11-12-23(21)27)28-26(33)34-14-22-19-9-5-3-7-17(19)18-8-4-6-10-20(18)22/h3-13,15,22H,14H2,1-2H3,(H,28,33)(H,31,32)/t15-/m0/s1. The molecule has 0 saturated heterocycles. The molecule has 0 heterocycles. The van der Waals surface area contributed by atoms with E-state index >= 15 is 0 Å². The van der Waals surface area contributed by atoms with Crippen molar-refractivity contribution in [3.05, 3.63) is 87.9 Å². The summed E-state index contributed by atoms with van der Waals surface area (Å²) in [5.41, 5.74) is 5.10. The SMILES string of the molecule is C[C@@H](C(=O)O)N(C)C(=O)c1cc(NC(=O)OCC2c3ccccc3-c3ccccc32)ccc1Br. The predicted octanol–water partition coefficient (Wildman–Crippen LogP) is 5.36. The first-order valence-electron chi connectivity index (χ1n) is 10.7. The number of likely N-dealkylation sites (N-methyl/N-ethyl adjacent to an activating group) is 1. The van der Waals surface area contributed by atoms with E-state index in [2.05, 4.69) is 33.4 Å². The Hall–Kier alpha value is -3.65. The van der Waals surface area contributed by atoms with Crippen LogP contribution in [-0.2, 0) is 9.53 Å². The molecule has 1 aliphatic carbocycles. The number of hydrogen-bond donors (Lipinski definition) is 2. The van der Waals surface area contributed by atoms with Crippen LogP contribution in [0.25, 0.3) is 11.1 Å². The van der Waals surface area contributed by atoms with E-state index in [1.54, 1.807) is 12.1 Å². The molecule has 0 unspecified atom stereocenters. The zero-order valence-corrected chi connectivity index (χ0v) is 20.2. The normalized spacial score (nSPS) is 12.9. The molecule has 2 amide bonds. The van der Waals surface area contributed by atoms with E-state index in [0.29, 0.717) is 10.2 Å². The van der Waals surface area contributed by atoms with Gasteiger partial charge in [-0.2, -0.15) is 0 Å². The molecule has 2 N–H and O–H groups in total. The van der Waals surface area contributed by atoms with Crippen LogP contribution in [0.4, 0.5) is 10.5 Å². The van der Waals surface area contributed by atoms with Gasteiger partial charge in [-0.3, -0.25) is 10.1 Å². The number of nitrogens with zero attached hydrogens (tertiary/aromatic N) is 1. The van der Waals surface area contributed by atoms with Gasteiger partial charge in [-0.05, 0) is 63.3 Å². The van der Waals surface area contributed by atoms with E-state index in [-0.39, 0.29) is 18.1 Å². The van der Waals surface area contributed by atoms with E-state index in [4.69, 9.17) is 4.74 Å². The second kappa shape index (κ2) is 9.69. The van der Waals surface area contributed by atoms with Crippen molar-refractivity contribution < 1.29 is 24.2 Å². The summed E-state index contributed by atoms with van der Waals surface area (Å²) < 4.78 is 6.04. The topological polar surface area (TPSA) is 95.9 Å².